The van der Waals surface area contributed by atoms with Crippen LogP contribution in [0.15, 0.2) is 42.0 Å². The molecule has 0 aliphatic carbocycles. The Morgan fingerprint density at radius 2 is 2.13 bits per heavy atom. The molecule has 1 amide bonds. The minimum atomic E-state index is 0.0598. The fourth-order valence-electron chi connectivity index (χ4n) is 2.37. The van der Waals surface area contributed by atoms with Gasteiger partial charge in [0.1, 0.15) is 5.75 Å². The first kappa shape index (κ1) is 15.6. The van der Waals surface area contributed by atoms with Gasteiger partial charge in [0.2, 0.25) is 5.91 Å². The van der Waals surface area contributed by atoms with Crippen LogP contribution in [0.4, 0.5) is 0 Å². The highest BCUT2D eigenvalue weighted by molar-refractivity contribution is 7.15. The lowest BCUT2D eigenvalue weighted by molar-refractivity contribution is -0.129. The highest BCUT2D eigenvalue weighted by Gasteiger charge is 2.13. The van der Waals surface area contributed by atoms with Gasteiger partial charge in [0.05, 0.1) is 18.7 Å². The van der Waals surface area contributed by atoms with Gasteiger partial charge < -0.3 is 9.64 Å². The number of fused-ring (bicyclic) bond motifs is 1. The maximum Gasteiger partial charge on any atom is 0.228 e. The second kappa shape index (κ2) is 6.83. The number of nitrogens with zero attached hydrogens (tertiary/aromatic N) is 3. The van der Waals surface area contributed by atoms with Crippen molar-refractivity contribution in [3.8, 4) is 5.75 Å². The largest absolute Gasteiger partial charge is 0.494 e. The van der Waals surface area contributed by atoms with Gasteiger partial charge in [0.15, 0.2) is 4.96 Å². The number of ether oxygens (including phenoxy) is 1. The Kier molecular flexibility index (Phi) is 4.62. The van der Waals surface area contributed by atoms with Crippen molar-refractivity contribution in [2.24, 2.45) is 0 Å². The quantitative estimate of drug-likeness (QED) is 0.698. The van der Waals surface area contributed by atoms with Crippen molar-refractivity contribution in [3.63, 3.8) is 0 Å². The molecule has 0 radical (unpaired) electrons. The first-order valence-electron chi connectivity index (χ1n) is 7.52. The van der Waals surface area contributed by atoms with E-state index in [2.05, 4.69) is 4.98 Å². The maximum absolute atomic E-state index is 12.3. The van der Waals surface area contributed by atoms with E-state index in [-0.39, 0.29) is 5.91 Å². The highest BCUT2D eigenvalue weighted by atomic mass is 32.1. The van der Waals surface area contributed by atoms with E-state index in [1.807, 2.05) is 60.4 Å². The van der Waals surface area contributed by atoms with Crippen LogP contribution in [0.1, 0.15) is 18.2 Å². The van der Waals surface area contributed by atoms with Gasteiger partial charge in [0.25, 0.3) is 0 Å². The maximum atomic E-state index is 12.3. The molecule has 0 spiro atoms. The molecule has 2 heterocycles. The van der Waals surface area contributed by atoms with Crippen molar-refractivity contribution in [3.05, 3.63) is 53.3 Å². The summed E-state index contributed by atoms with van der Waals surface area (Å²) in [5.41, 5.74) is 1.88. The van der Waals surface area contributed by atoms with Crippen molar-refractivity contribution in [1.82, 2.24) is 14.3 Å². The Hall–Kier alpha value is -2.34. The number of benzene rings is 1. The van der Waals surface area contributed by atoms with E-state index in [0.717, 1.165) is 22.0 Å². The number of aromatic nitrogens is 2. The standard InChI is InChI=1S/C17H19N3O2S/c1-3-22-15-6-4-13(5-7-15)11-19(2)16(21)10-14-12-20-8-9-23-17(20)18-14/h4-9,12H,3,10-11H2,1-2H3. The minimum Gasteiger partial charge on any atom is -0.494 e. The second-order valence-corrected chi connectivity index (χ2v) is 6.20. The molecule has 0 bridgehead atoms. The number of likely N-dealkylation sites (N-methyl/N-ethyl adjacent to an activating group) is 1. The zero-order valence-corrected chi connectivity index (χ0v) is 14.0. The molecular weight excluding hydrogens is 310 g/mol. The van der Waals surface area contributed by atoms with Gasteiger partial charge in [-0.25, -0.2) is 4.98 Å². The lowest BCUT2D eigenvalue weighted by Gasteiger charge is -2.17. The van der Waals surface area contributed by atoms with Gasteiger partial charge >= 0.3 is 0 Å². The van der Waals surface area contributed by atoms with Crippen molar-refractivity contribution >= 4 is 22.2 Å². The molecule has 0 unspecified atom stereocenters. The predicted octanol–water partition coefficient (Wildman–Crippen LogP) is 3.00. The van der Waals surface area contributed by atoms with Crippen LogP contribution in [-0.4, -0.2) is 33.8 Å². The zero-order chi connectivity index (χ0) is 16.2. The van der Waals surface area contributed by atoms with E-state index in [0.29, 0.717) is 19.6 Å². The van der Waals surface area contributed by atoms with Crippen molar-refractivity contribution in [1.29, 1.82) is 0 Å². The summed E-state index contributed by atoms with van der Waals surface area (Å²) in [7, 11) is 1.82. The Balaban J connectivity index is 1.59. The molecule has 0 atom stereocenters. The SMILES string of the molecule is CCOc1ccc(CN(C)C(=O)Cc2cn3ccsc3n2)cc1. The molecule has 0 saturated heterocycles. The molecule has 0 saturated carbocycles. The summed E-state index contributed by atoms with van der Waals surface area (Å²) in [6.07, 6.45) is 4.18. The molecule has 5 nitrogen and oxygen atoms in total. The van der Waals surface area contributed by atoms with Gasteiger partial charge in [-0.15, -0.1) is 11.3 Å². The number of imidazole rings is 1. The highest BCUT2D eigenvalue weighted by Crippen LogP contribution is 2.15. The molecule has 6 heteroatoms. The first-order chi connectivity index (χ1) is 11.2. The fraction of sp³-hybridized carbons (Fsp3) is 0.294. The van der Waals surface area contributed by atoms with E-state index >= 15 is 0 Å². The Morgan fingerprint density at radius 3 is 2.83 bits per heavy atom. The lowest BCUT2D eigenvalue weighted by atomic mass is 10.2. The molecule has 1 aromatic carbocycles. The van der Waals surface area contributed by atoms with Crippen LogP contribution in [0.5, 0.6) is 5.75 Å². The Morgan fingerprint density at radius 1 is 1.35 bits per heavy atom. The summed E-state index contributed by atoms with van der Waals surface area (Å²) in [6.45, 7) is 3.19. The third-order valence-electron chi connectivity index (χ3n) is 3.56. The molecule has 2 aromatic heterocycles. The van der Waals surface area contributed by atoms with Gasteiger partial charge in [-0.3, -0.25) is 9.20 Å². The van der Waals surface area contributed by atoms with E-state index < -0.39 is 0 Å². The van der Waals surface area contributed by atoms with E-state index in [9.17, 15) is 4.79 Å². The van der Waals surface area contributed by atoms with Gasteiger partial charge in [0, 0.05) is 31.4 Å². The van der Waals surface area contributed by atoms with E-state index in [4.69, 9.17) is 4.74 Å². The first-order valence-corrected chi connectivity index (χ1v) is 8.40. The van der Waals surface area contributed by atoms with Crippen LogP contribution >= 0.6 is 11.3 Å². The van der Waals surface area contributed by atoms with Crippen LogP contribution in [0, 0.1) is 0 Å². The number of carbonyl (C=O) groups excluding carboxylic acids is 1. The summed E-state index contributed by atoms with van der Waals surface area (Å²) in [5, 5.41) is 1.98. The molecule has 23 heavy (non-hydrogen) atoms. The Bertz CT molecular complexity index is 763. The fourth-order valence-corrected chi connectivity index (χ4v) is 3.09. The van der Waals surface area contributed by atoms with Crippen LogP contribution in [0.3, 0.4) is 0 Å². The van der Waals surface area contributed by atoms with Gasteiger partial charge in [-0.2, -0.15) is 0 Å². The molecule has 0 N–H and O–H groups in total. The number of hydrogen-bond acceptors (Lipinski definition) is 4. The monoisotopic (exact) mass is 329 g/mol. The minimum absolute atomic E-state index is 0.0598. The molecule has 3 rings (SSSR count). The van der Waals surface area contributed by atoms with E-state index in [1.54, 1.807) is 16.2 Å². The van der Waals surface area contributed by atoms with Crippen LogP contribution in [0.2, 0.25) is 0 Å². The predicted molar refractivity (Wildman–Crippen MR) is 90.9 cm³/mol. The lowest BCUT2D eigenvalue weighted by Crippen LogP contribution is -2.27. The average molecular weight is 329 g/mol. The van der Waals surface area contributed by atoms with Crippen molar-refractivity contribution in [2.75, 3.05) is 13.7 Å². The molecule has 120 valence electrons. The second-order valence-electron chi connectivity index (χ2n) is 5.33. The summed E-state index contributed by atoms with van der Waals surface area (Å²) in [4.78, 5) is 19.4. The number of thiazole rings is 1. The smallest absolute Gasteiger partial charge is 0.228 e. The summed E-state index contributed by atoms with van der Waals surface area (Å²) < 4.78 is 7.37. The van der Waals surface area contributed by atoms with Crippen LogP contribution < -0.4 is 4.74 Å². The topological polar surface area (TPSA) is 46.8 Å². The number of hydrogen-bond donors (Lipinski definition) is 0. The van der Waals surface area contributed by atoms with Crippen molar-refractivity contribution in [2.45, 2.75) is 19.9 Å². The Labute approximate surface area is 139 Å². The van der Waals surface area contributed by atoms with E-state index in [1.165, 1.54) is 0 Å². The summed E-state index contributed by atoms with van der Waals surface area (Å²) >= 11 is 1.57. The molecule has 0 aliphatic heterocycles. The number of amides is 1. The van der Waals surface area contributed by atoms with Gasteiger partial charge in [-0.1, -0.05) is 12.1 Å². The number of carbonyl (C=O) groups is 1. The van der Waals surface area contributed by atoms with Crippen LogP contribution in [-0.2, 0) is 17.8 Å². The normalized spacial score (nSPS) is 10.9. The zero-order valence-electron chi connectivity index (χ0n) is 13.2. The van der Waals surface area contributed by atoms with Crippen LogP contribution in [0.25, 0.3) is 4.96 Å². The molecule has 0 aliphatic rings. The number of rotatable bonds is 6. The third kappa shape index (κ3) is 3.71. The average Bonchev–Trinajstić information content (AvgIpc) is 3.10. The summed E-state index contributed by atoms with van der Waals surface area (Å²) in [6, 6.07) is 7.84. The molecule has 0 fully saturated rings. The third-order valence-corrected chi connectivity index (χ3v) is 4.33. The molecular formula is C17H19N3O2S. The molecule has 3 aromatic rings. The summed E-state index contributed by atoms with van der Waals surface area (Å²) in [5.74, 6) is 0.910. The van der Waals surface area contributed by atoms with Crippen molar-refractivity contribution < 1.29 is 9.53 Å². The van der Waals surface area contributed by atoms with Gasteiger partial charge in [-0.05, 0) is 24.6 Å².